The summed E-state index contributed by atoms with van der Waals surface area (Å²) in [6.45, 7) is 5.65. The summed E-state index contributed by atoms with van der Waals surface area (Å²) in [6.07, 6.45) is 4.67. The Morgan fingerprint density at radius 2 is 1.79 bits per heavy atom. The highest BCUT2D eigenvalue weighted by Gasteiger charge is 2.18. The molecule has 0 fully saturated rings. The fourth-order valence-corrected chi connectivity index (χ4v) is 2.63. The van der Waals surface area contributed by atoms with E-state index < -0.39 is 0 Å². The summed E-state index contributed by atoms with van der Waals surface area (Å²) in [5.74, 6) is 0.544. The lowest BCUT2D eigenvalue weighted by Crippen LogP contribution is -2.36. The van der Waals surface area contributed by atoms with Crippen LogP contribution in [0.4, 0.5) is 0 Å². The number of benzene rings is 1. The number of ether oxygens (including phenoxy) is 1. The first-order chi connectivity index (χ1) is 11.5. The topological polar surface area (TPSA) is 67.4 Å². The zero-order chi connectivity index (χ0) is 17.9. The van der Waals surface area contributed by atoms with Crippen LogP contribution >= 0.6 is 0 Å². The molecule has 0 unspecified atom stereocenters. The van der Waals surface area contributed by atoms with Gasteiger partial charge in [-0.25, -0.2) is 0 Å². The molecular weight excluding hydrogens is 304 g/mol. The Bertz CT molecular complexity index is 514. The van der Waals surface area contributed by atoms with Gasteiger partial charge in [0.15, 0.2) is 0 Å². The van der Waals surface area contributed by atoms with Gasteiger partial charge in [0.25, 0.3) is 0 Å². The summed E-state index contributed by atoms with van der Waals surface area (Å²) < 4.78 is 5.14. The quantitative estimate of drug-likeness (QED) is 0.645. The Kier molecular flexibility index (Phi) is 8.90. The van der Waals surface area contributed by atoms with Crippen molar-refractivity contribution < 1.29 is 14.3 Å². The maximum atomic E-state index is 12.3. The molecule has 2 N–H and O–H groups in total. The van der Waals surface area contributed by atoms with Crippen LogP contribution in [0.15, 0.2) is 24.3 Å². The highest BCUT2D eigenvalue weighted by molar-refractivity contribution is 5.79. The molecular formula is C19H30N2O3. The molecule has 1 rings (SSSR count). The van der Waals surface area contributed by atoms with Gasteiger partial charge in [0.1, 0.15) is 5.75 Å². The second kappa shape index (κ2) is 10.7. The largest absolute Gasteiger partial charge is 0.497 e. The van der Waals surface area contributed by atoms with Gasteiger partial charge < -0.3 is 15.4 Å². The number of hydrogen-bond donors (Lipinski definition) is 2. The van der Waals surface area contributed by atoms with Crippen molar-refractivity contribution in [2.75, 3.05) is 7.11 Å². The van der Waals surface area contributed by atoms with E-state index in [2.05, 4.69) is 17.6 Å². The predicted molar refractivity (Wildman–Crippen MR) is 95.9 cm³/mol. The van der Waals surface area contributed by atoms with E-state index in [0.29, 0.717) is 0 Å². The number of rotatable bonds is 10. The molecule has 24 heavy (non-hydrogen) atoms. The molecule has 0 heterocycles. The zero-order valence-corrected chi connectivity index (χ0v) is 15.2. The number of amides is 2. The Morgan fingerprint density at radius 1 is 1.12 bits per heavy atom. The summed E-state index contributed by atoms with van der Waals surface area (Å²) in [5.41, 5.74) is 0.889. The smallest absolute Gasteiger partial charge is 0.222 e. The summed E-state index contributed by atoms with van der Waals surface area (Å²) in [4.78, 5) is 23.7. The van der Waals surface area contributed by atoms with E-state index in [4.69, 9.17) is 4.74 Å². The fourth-order valence-electron chi connectivity index (χ4n) is 2.63. The van der Waals surface area contributed by atoms with Gasteiger partial charge in [-0.2, -0.15) is 0 Å². The number of carbonyl (C=O) groups excluding carboxylic acids is 2. The molecule has 0 radical (unpaired) electrons. The minimum absolute atomic E-state index is 0.0476. The number of hydrogen-bond acceptors (Lipinski definition) is 3. The predicted octanol–water partition coefficient (Wildman–Crippen LogP) is 3.35. The van der Waals surface area contributed by atoms with Crippen LogP contribution in [0.25, 0.3) is 0 Å². The van der Waals surface area contributed by atoms with E-state index in [1.165, 1.54) is 19.8 Å². The van der Waals surface area contributed by atoms with Crippen molar-refractivity contribution in [2.24, 2.45) is 0 Å². The van der Waals surface area contributed by atoms with E-state index >= 15 is 0 Å². The molecule has 2 amide bonds. The maximum absolute atomic E-state index is 12.3. The molecule has 0 aliphatic rings. The maximum Gasteiger partial charge on any atom is 0.222 e. The van der Waals surface area contributed by atoms with Crippen LogP contribution in [0.1, 0.15) is 64.5 Å². The number of methoxy groups -OCH3 is 1. The molecule has 5 heteroatoms. The van der Waals surface area contributed by atoms with Gasteiger partial charge in [-0.05, 0) is 31.0 Å². The Balaban J connectivity index is 2.64. The Hall–Kier alpha value is -2.04. The highest BCUT2D eigenvalue weighted by Crippen LogP contribution is 2.20. The lowest BCUT2D eigenvalue weighted by atomic mass is 10.0. The van der Waals surface area contributed by atoms with Crippen LogP contribution in [0.3, 0.4) is 0 Å². The monoisotopic (exact) mass is 334 g/mol. The van der Waals surface area contributed by atoms with Gasteiger partial charge in [0.05, 0.1) is 19.6 Å². The van der Waals surface area contributed by atoms with E-state index in [1.807, 2.05) is 31.2 Å². The molecule has 0 saturated carbocycles. The van der Waals surface area contributed by atoms with E-state index in [9.17, 15) is 9.59 Å². The number of nitrogens with one attached hydrogen (secondary N) is 2. The first-order valence-electron chi connectivity index (χ1n) is 8.66. The lowest BCUT2D eigenvalue weighted by Gasteiger charge is -2.20. The van der Waals surface area contributed by atoms with Crippen LogP contribution in [-0.4, -0.2) is 25.0 Å². The van der Waals surface area contributed by atoms with Crippen molar-refractivity contribution >= 4 is 11.8 Å². The van der Waals surface area contributed by atoms with Gasteiger partial charge in [-0.3, -0.25) is 9.59 Å². The van der Waals surface area contributed by atoms with E-state index in [1.54, 1.807) is 7.11 Å². The normalized spacial score (nSPS) is 13.0. The van der Waals surface area contributed by atoms with Crippen molar-refractivity contribution in [2.45, 2.75) is 65.0 Å². The average Bonchev–Trinajstić information content (AvgIpc) is 2.54. The third kappa shape index (κ3) is 7.49. The molecule has 2 atom stereocenters. The van der Waals surface area contributed by atoms with Gasteiger partial charge in [0.2, 0.25) is 11.8 Å². The van der Waals surface area contributed by atoms with E-state index in [0.717, 1.165) is 24.2 Å². The van der Waals surface area contributed by atoms with Crippen molar-refractivity contribution in [3.8, 4) is 5.75 Å². The first-order valence-corrected chi connectivity index (χ1v) is 8.66. The van der Waals surface area contributed by atoms with Crippen LogP contribution in [0, 0.1) is 0 Å². The third-order valence-electron chi connectivity index (χ3n) is 3.93. The van der Waals surface area contributed by atoms with Crippen LogP contribution in [0.5, 0.6) is 5.75 Å². The Labute approximate surface area is 145 Å². The molecule has 1 aromatic rings. The molecule has 1 aromatic carbocycles. The highest BCUT2D eigenvalue weighted by atomic mass is 16.5. The summed E-state index contributed by atoms with van der Waals surface area (Å²) >= 11 is 0. The molecule has 0 spiro atoms. The summed E-state index contributed by atoms with van der Waals surface area (Å²) in [5, 5.41) is 5.87. The van der Waals surface area contributed by atoms with Crippen LogP contribution < -0.4 is 15.4 Å². The zero-order valence-electron chi connectivity index (χ0n) is 15.2. The van der Waals surface area contributed by atoms with Crippen molar-refractivity contribution in [3.05, 3.63) is 29.8 Å². The number of carbonyl (C=O) groups is 2. The minimum Gasteiger partial charge on any atom is -0.497 e. The van der Waals surface area contributed by atoms with Gasteiger partial charge in [-0.1, -0.05) is 38.3 Å². The van der Waals surface area contributed by atoms with E-state index in [-0.39, 0.29) is 30.3 Å². The molecule has 0 aromatic heterocycles. The fraction of sp³-hybridized carbons (Fsp3) is 0.579. The van der Waals surface area contributed by atoms with Crippen molar-refractivity contribution in [3.63, 3.8) is 0 Å². The first kappa shape index (κ1) is 20.0. The molecule has 0 saturated heterocycles. The minimum atomic E-state index is -0.337. The molecule has 0 aliphatic heterocycles. The van der Waals surface area contributed by atoms with Gasteiger partial charge in [-0.15, -0.1) is 0 Å². The summed E-state index contributed by atoms with van der Waals surface area (Å²) in [7, 11) is 1.60. The van der Waals surface area contributed by atoms with Gasteiger partial charge in [0, 0.05) is 13.0 Å². The van der Waals surface area contributed by atoms with Crippen molar-refractivity contribution in [1.82, 2.24) is 10.6 Å². The Morgan fingerprint density at radius 3 is 2.33 bits per heavy atom. The lowest BCUT2D eigenvalue weighted by molar-refractivity contribution is -0.123. The van der Waals surface area contributed by atoms with Crippen LogP contribution in [-0.2, 0) is 9.59 Å². The van der Waals surface area contributed by atoms with Gasteiger partial charge >= 0.3 is 0 Å². The molecule has 0 aliphatic carbocycles. The second-order valence-corrected chi connectivity index (χ2v) is 6.19. The standard InChI is InChI=1S/C19H30N2O3/c1-5-6-7-8-14(2)20-19(23)13-18(21-15(3)22)16-9-11-17(24-4)12-10-16/h9-12,14,18H,5-8,13H2,1-4H3,(H,20,23)(H,21,22)/t14-,18-/m0/s1. The second-order valence-electron chi connectivity index (χ2n) is 6.19. The van der Waals surface area contributed by atoms with Crippen molar-refractivity contribution in [1.29, 1.82) is 0 Å². The number of unbranched alkanes of at least 4 members (excludes halogenated alkanes) is 2. The van der Waals surface area contributed by atoms with Crippen LogP contribution in [0.2, 0.25) is 0 Å². The molecule has 5 nitrogen and oxygen atoms in total. The summed E-state index contributed by atoms with van der Waals surface area (Å²) in [6, 6.07) is 7.22. The third-order valence-corrected chi connectivity index (χ3v) is 3.93. The molecule has 134 valence electrons. The SMILES string of the molecule is CCCCC[C@H](C)NC(=O)C[C@H](NC(C)=O)c1ccc(OC)cc1. The average molecular weight is 334 g/mol. The molecule has 0 bridgehead atoms.